The molecule has 13 aromatic rings. The van der Waals surface area contributed by atoms with Crippen LogP contribution in [-0.4, -0.2) is 4.57 Å². The summed E-state index contributed by atoms with van der Waals surface area (Å²) in [5.41, 5.74) is 9.36. The van der Waals surface area contributed by atoms with Crippen molar-refractivity contribution in [1.29, 1.82) is 0 Å². The second-order valence-corrected chi connectivity index (χ2v) is 17.1. The molecule has 0 radical (unpaired) electrons. The van der Waals surface area contributed by atoms with Crippen LogP contribution in [0.2, 0.25) is 0 Å². The molecule has 0 amide bonds. The van der Waals surface area contributed by atoms with Gasteiger partial charge in [0.05, 0.1) is 21.4 Å². The van der Waals surface area contributed by atoms with Gasteiger partial charge in [-0.3, -0.25) is 0 Å². The maximum atomic E-state index is 2.57. The van der Waals surface area contributed by atoms with Crippen LogP contribution < -0.4 is 4.90 Å². The summed E-state index contributed by atoms with van der Waals surface area (Å²) in [7, 11) is 0. The molecule has 0 saturated carbocycles. The van der Waals surface area contributed by atoms with Gasteiger partial charge in [-0.15, -0.1) is 11.3 Å². The van der Waals surface area contributed by atoms with Crippen LogP contribution in [-0.2, 0) is 0 Å². The molecular weight excluding hydrogens is 757 g/mol. The Hall–Kier alpha value is -7.72. The van der Waals surface area contributed by atoms with Crippen LogP contribution in [0.25, 0.3) is 102 Å². The van der Waals surface area contributed by atoms with Crippen molar-refractivity contribution < 1.29 is 0 Å². The molecule has 2 aromatic heterocycles. The lowest BCUT2D eigenvalue weighted by atomic mass is 9.94. The fourth-order valence-corrected chi connectivity index (χ4v) is 11.3. The van der Waals surface area contributed by atoms with Crippen LogP contribution >= 0.6 is 11.3 Å². The van der Waals surface area contributed by atoms with Gasteiger partial charge in [0.2, 0.25) is 0 Å². The van der Waals surface area contributed by atoms with Crippen molar-refractivity contribution in [3.8, 4) is 16.8 Å². The van der Waals surface area contributed by atoms with Crippen molar-refractivity contribution in [2.24, 2.45) is 0 Å². The number of rotatable bonds is 5. The lowest BCUT2D eigenvalue weighted by molar-refractivity contribution is 1.20. The maximum absolute atomic E-state index is 2.57. The van der Waals surface area contributed by atoms with Crippen LogP contribution in [0.15, 0.2) is 218 Å². The zero-order chi connectivity index (χ0) is 40.0. The first-order valence-electron chi connectivity index (χ1n) is 20.9. The molecule has 0 unspecified atom stereocenters. The number of thiophene rings is 1. The minimum atomic E-state index is 1.10. The summed E-state index contributed by atoms with van der Waals surface area (Å²) in [5.74, 6) is 0. The zero-order valence-electron chi connectivity index (χ0n) is 33.1. The minimum Gasteiger partial charge on any atom is -0.310 e. The molecule has 2 nitrogen and oxygen atoms in total. The molecule has 61 heavy (non-hydrogen) atoms. The lowest BCUT2D eigenvalue weighted by Gasteiger charge is -2.26. The summed E-state index contributed by atoms with van der Waals surface area (Å²) in [6.07, 6.45) is 0. The van der Waals surface area contributed by atoms with E-state index in [-0.39, 0.29) is 0 Å². The first kappa shape index (κ1) is 34.2. The summed E-state index contributed by atoms with van der Waals surface area (Å²) >= 11 is 1.89. The Morgan fingerprint density at radius 2 is 0.918 bits per heavy atom. The van der Waals surface area contributed by atoms with Crippen LogP contribution in [0.1, 0.15) is 0 Å². The van der Waals surface area contributed by atoms with Gasteiger partial charge in [0.15, 0.2) is 0 Å². The molecule has 0 aliphatic rings. The first-order chi connectivity index (χ1) is 30.3. The molecule has 0 atom stereocenters. The standard InChI is InChI=1S/C58H36N2S/c1-3-16-37(17-4-1)51-34-38-18-7-8-21-42(38)57-56(51)50-33-31-41(36-54(50)60(57)53-28-15-27-49-48-26-13-14-29-55(48)61-58(49)53)59(39-19-5-2-6-20-39)40-30-32-47-45-24-10-9-22-43(45)44-23-11-12-25-46(44)52(47)35-40/h1-36H. The molecule has 0 bridgehead atoms. The fraction of sp³-hybridized carbons (Fsp3) is 0. The molecular formula is C58H36N2S. The van der Waals surface area contributed by atoms with E-state index in [1.165, 1.54) is 102 Å². The van der Waals surface area contributed by atoms with Crippen LogP contribution in [0.5, 0.6) is 0 Å². The third-order valence-corrected chi connectivity index (χ3v) is 13.9. The van der Waals surface area contributed by atoms with Crippen molar-refractivity contribution in [3.63, 3.8) is 0 Å². The third kappa shape index (κ3) is 5.14. The highest BCUT2D eigenvalue weighted by Gasteiger charge is 2.24. The van der Waals surface area contributed by atoms with Crippen LogP contribution in [0.3, 0.4) is 0 Å². The molecule has 0 aliphatic carbocycles. The van der Waals surface area contributed by atoms with Gasteiger partial charge in [-0.1, -0.05) is 164 Å². The van der Waals surface area contributed by atoms with Crippen LogP contribution in [0.4, 0.5) is 17.1 Å². The van der Waals surface area contributed by atoms with E-state index in [0.29, 0.717) is 0 Å². The van der Waals surface area contributed by atoms with E-state index >= 15 is 0 Å². The fourth-order valence-electron chi connectivity index (χ4n) is 10.1. The van der Waals surface area contributed by atoms with Crippen molar-refractivity contribution in [2.45, 2.75) is 0 Å². The summed E-state index contributed by atoms with van der Waals surface area (Å²) in [6.45, 7) is 0. The molecule has 11 aromatic carbocycles. The summed E-state index contributed by atoms with van der Waals surface area (Å²) in [4.78, 5) is 2.43. The number of anilines is 3. The summed E-state index contributed by atoms with van der Waals surface area (Å²) in [6, 6.07) is 80.5. The summed E-state index contributed by atoms with van der Waals surface area (Å²) < 4.78 is 5.16. The second-order valence-electron chi connectivity index (χ2n) is 16.0. The van der Waals surface area contributed by atoms with Gasteiger partial charge in [-0.25, -0.2) is 0 Å². The van der Waals surface area contributed by atoms with E-state index in [1.807, 2.05) is 11.3 Å². The van der Waals surface area contributed by atoms with E-state index in [0.717, 1.165) is 17.1 Å². The number of hydrogen-bond donors (Lipinski definition) is 0. The average Bonchev–Trinajstić information content (AvgIpc) is 3.88. The summed E-state index contributed by atoms with van der Waals surface area (Å²) in [5, 5.41) is 15.1. The Balaban J connectivity index is 1.15. The van der Waals surface area contributed by atoms with Gasteiger partial charge in [0.1, 0.15) is 0 Å². The van der Waals surface area contributed by atoms with Gasteiger partial charge in [-0.05, 0) is 103 Å². The number of para-hydroxylation sites is 1. The number of aromatic nitrogens is 1. The Bertz CT molecular complexity index is 3840. The topological polar surface area (TPSA) is 8.17 Å². The van der Waals surface area contributed by atoms with Gasteiger partial charge in [-0.2, -0.15) is 0 Å². The number of hydrogen-bond acceptors (Lipinski definition) is 2. The molecule has 0 spiro atoms. The Kier molecular flexibility index (Phi) is 7.51. The highest BCUT2D eigenvalue weighted by molar-refractivity contribution is 7.26. The zero-order valence-corrected chi connectivity index (χ0v) is 33.9. The third-order valence-electron chi connectivity index (χ3n) is 12.7. The smallest absolute Gasteiger partial charge is 0.0641 e. The van der Waals surface area contributed by atoms with Gasteiger partial charge in [0.25, 0.3) is 0 Å². The van der Waals surface area contributed by atoms with Gasteiger partial charge in [0, 0.05) is 48.7 Å². The van der Waals surface area contributed by atoms with Gasteiger partial charge < -0.3 is 9.47 Å². The molecule has 284 valence electrons. The molecule has 0 saturated heterocycles. The molecule has 0 aliphatic heterocycles. The Morgan fingerprint density at radius 1 is 0.361 bits per heavy atom. The average molecular weight is 793 g/mol. The number of nitrogens with zero attached hydrogens (tertiary/aromatic N) is 2. The number of fused-ring (bicyclic) bond motifs is 14. The maximum Gasteiger partial charge on any atom is 0.0641 e. The molecule has 3 heteroatoms. The Labute approximate surface area is 356 Å². The van der Waals surface area contributed by atoms with Crippen LogP contribution in [0, 0.1) is 0 Å². The largest absolute Gasteiger partial charge is 0.310 e. The van der Waals surface area contributed by atoms with Crippen molar-refractivity contribution in [3.05, 3.63) is 218 Å². The minimum absolute atomic E-state index is 1.10. The van der Waals surface area contributed by atoms with Crippen molar-refractivity contribution >= 4 is 113 Å². The monoisotopic (exact) mass is 792 g/mol. The van der Waals surface area contributed by atoms with E-state index < -0.39 is 0 Å². The first-order valence-corrected chi connectivity index (χ1v) is 21.7. The quantitative estimate of drug-likeness (QED) is 0.158. The Morgan fingerprint density at radius 3 is 1.66 bits per heavy atom. The van der Waals surface area contributed by atoms with E-state index in [4.69, 9.17) is 0 Å². The second kappa shape index (κ2) is 13.4. The SMILES string of the molecule is c1ccc(-c2cc3ccccc3c3c2c2ccc(N(c4ccccc4)c4ccc5c6ccccc6c6ccccc6c5c4)cc2n3-c2cccc3c2sc2ccccc23)cc1. The normalized spacial score (nSPS) is 11.9. The molecule has 0 N–H and O–H groups in total. The highest BCUT2D eigenvalue weighted by Crippen LogP contribution is 2.48. The van der Waals surface area contributed by atoms with Gasteiger partial charge >= 0.3 is 0 Å². The molecule has 2 heterocycles. The predicted octanol–water partition coefficient (Wildman–Crippen LogP) is 16.9. The van der Waals surface area contributed by atoms with E-state index in [2.05, 4.69) is 228 Å². The number of benzene rings is 11. The van der Waals surface area contributed by atoms with E-state index in [1.54, 1.807) is 0 Å². The lowest BCUT2D eigenvalue weighted by Crippen LogP contribution is -2.10. The van der Waals surface area contributed by atoms with Crippen molar-refractivity contribution in [2.75, 3.05) is 4.90 Å². The molecule has 0 fully saturated rings. The predicted molar refractivity (Wildman–Crippen MR) is 264 cm³/mol. The van der Waals surface area contributed by atoms with E-state index in [9.17, 15) is 0 Å². The van der Waals surface area contributed by atoms with Crippen molar-refractivity contribution in [1.82, 2.24) is 4.57 Å². The highest BCUT2D eigenvalue weighted by atomic mass is 32.1. The molecule has 13 rings (SSSR count).